The minimum Gasteiger partial charge on any atom is -0.467 e. The summed E-state index contributed by atoms with van der Waals surface area (Å²) < 4.78 is 41.7. The van der Waals surface area contributed by atoms with Crippen molar-refractivity contribution in [2.24, 2.45) is 0 Å². The minimum absolute atomic E-state index is 0.215. The van der Waals surface area contributed by atoms with Gasteiger partial charge in [-0.1, -0.05) is 24.3 Å². The minimum atomic E-state index is -5.09. The summed E-state index contributed by atoms with van der Waals surface area (Å²) in [5.41, 5.74) is 2.16. The topological polar surface area (TPSA) is 84.1 Å². The van der Waals surface area contributed by atoms with Gasteiger partial charge in [0.2, 0.25) is 0 Å². The van der Waals surface area contributed by atoms with Gasteiger partial charge in [0.15, 0.2) is 0 Å². The highest BCUT2D eigenvalue weighted by Gasteiger charge is 2.41. The molecule has 0 unspecified atom stereocenters. The highest BCUT2D eigenvalue weighted by molar-refractivity contribution is 5.87. The Hall–Kier alpha value is -2.84. The van der Waals surface area contributed by atoms with Crippen molar-refractivity contribution in [3.63, 3.8) is 0 Å². The van der Waals surface area contributed by atoms with Crippen LogP contribution in [0.5, 0.6) is 0 Å². The van der Waals surface area contributed by atoms with Crippen molar-refractivity contribution in [1.82, 2.24) is 15.3 Å². The molecule has 0 fully saturated rings. The zero-order valence-corrected chi connectivity index (χ0v) is 13.5. The van der Waals surface area contributed by atoms with Crippen LogP contribution in [0.15, 0.2) is 30.5 Å². The number of aryl methyl sites for hydroxylation is 1. The van der Waals surface area contributed by atoms with Crippen molar-refractivity contribution >= 4 is 11.9 Å². The van der Waals surface area contributed by atoms with Crippen LogP contribution in [-0.4, -0.2) is 41.2 Å². The third kappa shape index (κ3) is 4.59. The van der Waals surface area contributed by atoms with E-state index in [-0.39, 0.29) is 6.42 Å². The molecule has 134 valence electrons. The molecule has 0 radical (unpaired) electrons. The molecule has 25 heavy (non-hydrogen) atoms. The molecule has 1 heterocycles. The quantitative estimate of drug-likeness (QED) is 0.805. The summed E-state index contributed by atoms with van der Waals surface area (Å²) in [6, 6.07) is 5.93. The molecule has 0 spiro atoms. The first-order chi connectivity index (χ1) is 11.7. The molecule has 2 rings (SSSR count). The lowest BCUT2D eigenvalue weighted by Crippen LogP contribution is -2.48. The Labute approximate surface area is 141 Å². The predicted octanol–water partition coefficient (Wildman–Crippen LogP) is 2.15. The van der Waals surface area contributed by atoms with E-state index in [1.54, 1.807) is 5.32 Å². The van der Waals surface area contributed by atoms with Gasteiger partial charge in [-0.25, -0.2) is 9.78 Å². The maximum atomic E-state index is 12.4. The molecular weight excluding hydrogens is 339 g/mol. The second kappa shape index (κ2) is 7.37. The predicted molar refractivity (Wildman–Crippen MR) is 82.5 cm³/mol. The number of carbonyl (C=O) groups excluding carboxylic acids is 2. The number of rotatable bonds is 5. The Morgan fingerprint density at radius 2 is 2.00 bits per heavy atom. The zero-order chi connectivity index (χ0) is 18.6. The number of hydrogen-bond acceptors (Lipinski definition) is 4. The van der Waals surface area contributed by atoms with E-state index in [2.05, 4.69) is 14.7 Å². The van der Waals surface area contributed by atoms with Crippen LogP contribution in [0.1, 0.15) is 11.3 Å². The molecule has 0 aliphatic rings. The van der Waals surface area contributed by atoms with Crippen LogP contribution in [0.3, 0.4) is 0 Å². The number of carbonyl (C=O) groups is 2. The molecule has 0 bridgehead atoms. The molecular formula is C16H16F3N3O3. The van der Waals surface area contributed by atoms with E-state index >= 15 is 0 Å². The number of esters is 1. The van der Waals surface area contributed by atoms with Gasteiger partial charge < -0.3 is 15.0 Å². The first-order valence-corrected chi connectivity index (χ1v) is 7.27. The first kappa shape index (κ1) is 18.5. The monoisotopic (exact) mass is 355 g/mol. The number of aromatic amines is 1. The maximum absolute atomic E-state index is 12.4. The number of nitrogens with one attached hydrogen (secondary N) is 2. The zero-order valence-electron chi connectivity index (χ0n) is 13.5. The number of benzene rings is 1. The molecule has 6 nitrogen and oxygen atoms in total. The number of nitrogens with zero attached hydrogens (tertiary/aromatic N) is 1. The molecule has 2 aromatic rings. The van der Waals surface area contributed by atoms with Gasteiger partial charge in [0.25, 0.3) is 0 Å². The average Bonchev–Trinajstić information content (AvgIpc) is 3.01. The molecule has 1 atom stereocenters. The van der Waals surface area contributed by atoms with Gasteiger partial charge in [0.05, 0.1) is 7.11 Å². The van der Waals surface area contributed by atoms with Crippen LogP contribution in [0.25, 0.3) is 11.4 Å². The molecule has 2 N–H and O–H groups in total. The van der Waals surface area contributed by atoms with E-state index in [0.717, 1.165) is 18.2 Å². The molecule has 1 aromatic carbocycles. The summed E-state index contributed by atoms with van der Waals surface area (Å²) in [6.07, 6.45) is -3.91. The van der Waals surface area contributed by atoms with E-state index in [9.17, 15) is 22.8 Å². The van der Waals surface area contributed by atoms with Crippen LogP contribution in [-0.2, 0) is 20.7 Å². The summed E-state index contributed by atoms with van der Waals surface area (Å²) in [5, 5.41) is 1.63. The van der Waals surface area contributed by atoms with Gasteiger partial charge in [-0.3, -0.25) is 4.79 Å². The number of alkyl halides is 3. The standard InChI is InChI=1S/C16H16F3N3O3/c1-9-5-3-4-6-11(9)13-20-8-10(21-13)7-12(14(23)25-2)22-15(24)16(17,18)19/h3-6,8,12H,7H2,1-2H3,(H,20,21)(H,22,24)/t12-/m0/s1. The van der Waals surface area contributed by atoms with Crippen LogP contribution in [0.2, 0.25) is 0 Å². The Bertz CT molecular complexity index is 771. The molecule has 0 saturated carbocycles. The van der Waals surface area contributed by atoms with Crippen molar-refractivity contribution in [1.29, 1.82) is 0 Å². The normalized spacial score (nSPS) is 12.5. The lowest BCUT2D eigenvalue weighted by Gasteiger charge is -2.16. The third-order valence-corrected chi connectivity index (χ3v) is 3.50. The second-order valence-electron chi connectivity index (χ2n) is 5.32. The van der Waals surface area contributed by atoms with E-state index < -0.39 is 24.1 Å². The van der Waals surface area contributed by atoms with Crippen molar-refractivity contribution in [2.75, 3.05) is 7.11 Å². The molecule has 1 aromatic heterocycles. The number of imidazole rings is 1. The summed E-state index contributed by atoms with van der Waals surface area (Å²) in [5.74, 6) is -2.68. The Morgan fingerprint density at radius 3 is 2.60 bits per heavy atom. The molecule has 0 aliphatic heterocycles. The lowest BCUT2D eigenvalue weighted by atomic mass is 10.1. The fraction of sp³-hybridized carbons (Fsp3) is 0.312. The van der Waals surface area contributed by atoms with Crippen LogP contribution < -0.4 is 5.32 Å². The van der Waals surface area contributed by atoms with E-state index in [4.69, 9.17) is 0 Å². The van der Waals surface area contributed by atoms with E-state index in [0.29, 0.717) is 11.5 Å². The summed E-state index contributed by atoms with van der Waals surface area (Å²) in [7, 11) is 1.03. The fourth-order valence-electron chi connectivity index (χ4n) is 2.23. The maximum Gasteiger partial charge on any atom is 0.471 e. The summed E-state index contributed by atoms with van der Waals surface area (Å²) >= 11 is 0. The van der Waals surface area contributed by atoms with E-state index in [1.165, 1.54) is 6.20 Å². The van der Waals surface area contributed by atoms with Gasteiger partial charge in [-0.15, -0.1) is 0 Å². The summed E-state index contributed by atoms with van der Waals surface area (Å²) in [6.45, 7) is 1.89. The Kier molecular flexibility index (Phi) is 5.45. The van der Waals surface area contributed by atoms with Gasteiger partial charge in [0.1, 0.15) is 11.9 Å². The Balaban J connectivity index is 2.18. The SMILES string of the molecule is COC(=O)[C@H](Cc1cnc(-c2ccccc2C)[nH]1)NC(=O)C(F)(F)F. The van der Waals surface area contributed by atoms with Crippen LogP contribution >= 0.6 is 0 Å². The van der Waals surface area contributed by atoms with Crippen molar-refractivity contribution in [3.05, 3.63) is 41.7 Å². The molecule has 1 amide bonds. The van der Waals surface area contributed by atoms with Crippen molar-refractivity contribution in [3.8, 4) is 11.4 Å². The number of amides is 1. The lowest BCUT2D eigenvalue weighted by molar-refractivity contribution is -0.175. The van der Waals surface area contributed by atoms with Gasteiger partial charge >= 0.3 is 18.1 Å². The third-order valence-electron chi connectivity index (χ3n) is 3.50. The second-order valence-corrected chi connectivity index (χ2v) is 5.32. The van der Waals surface area contributed by atoms with Crippen molar-refractivity contribution < 1.29 is 27.5 Å². The first-order valence-electron chi connectivity index (χ1n) is 7.27. The molecule has 9 heteroatoms. The number of methoxy groups -OCH3 is 1. The molecule has 0 saturated heterocycles. The van der Waals surface area contributed by atoms with Crippen LogP contribution in [0.4, 0.5) is 13.2 Å². The summed E-state index contributed by atoms with van der Waals surface area (Å²) in [4.78, 5) is 29.9. The Morgan fingerprint density at radius 1 is 1.32 bits per heavy atom. The van der Waals surface area contributed by atoms with E-state index in [1.807, 2.05) is 31.2 Å². The highest BCUT2D eigenvalue weighted by Crippen LogP contribution is 2.20. The smallest absolute Gasteiger partial charge is 0.467 e. The largest absolute Gasteiger partial charge is 0.471 e. The molecule has 0 aliphatic carbocycles. The van der Waals surface area contributed by atoms with Crippen LogP contribution in [0, 0.1) is 6.92 Å². The fourth-order valence-corrected chi connectivity index (χ4v) is 2.23. The number of aromatic nitrogens is 2. The number of halogens is 3. The number of hydrogen-bond donors (Lipinski definition) is 2. The average molecular weight is 355 g/mol. The number of ether oxygens (including phenoxy) is 1. The van der Waals surface area contributed by atoms with Gasteiger partial charge in [-0.2, -0.15) is 13.2 Å². The van der Waals surface area contributed by atoms with Crippen molar-refractivity contribution in [2.45, 2.75) is 25.6 Å². The van der Waals surface area contributed by atoms with Gasteiger partial charge in [0, 0.05) is 23.9 Å². The highest BCUT2D eigenvalue weighted by atomic mass is 19.4. The van der Waals surface area contributed by atoms with Gasteiger partial charge in [-0.05, 0) is 12.5 Å². The number of H-pyrrole nitrogens is 1.